The lowest BCUT2D eigenvalue weighted by Gasteiger charge is -2.31. The van der Waals surface area contributed by atoms with Crippen LogP contribution in [0.1, 0.15) is 58.2 Å². The highest BCUT2D eigenvalue weighted by molar-refractivity contribution is 7.57. The zero-order valence-corrected chi connectivity index (χ0v) is 15.3. The van der Waals surface area contributed by atoms with Crippen molar-refractivity contribution in [3.63, 3.8) is 0 Å². The third-order valence-corrected chi connectivity index (χ3v) is 3.78. The highest BCUT2D eigenvalue weighted by Crippen LogP contribution is 2.48. The molecule has 0 heterocycles. The highest BCUT2D eigenvalue weighted by Gasteiger charge is 2.29. The molecule has 3 heteroatoms. The summed E-state index contributed by atoms with van der Waals surface area (Å²) in [6.45, 7) is 18.4. The second-order valence-electron chi connectivity index (χ2n) is 8.03. The van der Waals surface area contributed by atoms with Gasteiger partial charge in [0.2, 0.25) is 7.37 Å². The predicted molar refractivity (Wildman–Crippen MR) is 88.7 cm³/mol. The molecule has 1 aromatic carbocycles. The Kier molecular flexibility index (Phi) is 4.52. The molecule has 0 atom stereocenters. The predicted octanol–water partition coefficient (Wildman–Crippen LogP) is 5.51. The van der Waals surface area contributed by atoms with E-state index in [2.05, 4.69) is 60.6 Å². The van der Waals surface area contributed by atoms with Crippen LogP contribution in [0.2, 0.25) is 0 Å². The molecule has 0 radical (unpaired) electrons. The second-order valence-corrected chi connectivity index (χ2v) is 10.7. The summed E-state index contributed by atoms with van der Waals surface area (Å²) in [5.41, 5.74) is 3.39. The van der Waals surface area contributed by atoms with Crippen molar-refractivity contribution in [1.82, 2.24) is 0 Å². The lowest BCUT2D eigenvalue weighted by atomic mass is 9.78. The SMILES string of the molecule is Cc1cc(C(C)(C)C)c(OP(C)(C)=O)c(C(C)(C)C)c1. The van der Waals surface area contributed by atoms with Crippen LogP contribution in [0.15, 0.2) is 12.1 Å². The average Bonchev–Trinajstić information content (AvgIpc) is 2.14. The van der Waals surface area contributed by atoms with E-state index >= 15 is 0 Å². The van der Waals surface area contributed by atoms with Gasteiger partial charge in [-0.05, 0) is 17.8 Å². The molecule has 0 bridgehead atoms. The van der Waals surface area contributed by atoms with Gasteiger partial charge in [-0.25, -0.2) is 0 Å². The summed E-state index contributed by atoms with van der Waals surface area (Å²) in [7, 11) is -2.60. The Bertz CT molecular complexity index is 504. The van der Waals surface area contributed by atoms with Gasteiger partial charge in [0.25, 0.3) is 0 Å². The van der Waals surface area contributed by atoms with Crippen molar-refractivity contribution in [2.75, 3.05) is 13.3 Å². The van der Waals surface area contributed by atoms with E-state index in [1.54, 1.807) is 13.3 Å². The highest BCUT2D eigenvalue weighted by atomic mass is 31.2. The molecule has 2 nitrogen and oxygen atoms in total. The average molecular weight is 296 g/mol. The smallest absolute Gasteiger partial charge is 0.242 e. The molecule has 0 amide bonds. The van der Waals surface area contributed by atoms with Gasteiger partial charge in [0.15, 0.2) is 0 Å². The van der Waals surface area contributed by atoms with E-state index in [1.165, 1.54) is 5.56 Å². The van der Waals surface area contributed by atoms with Crippen molar-refractivity contribution < 1.29 is 9.09 Å². The topological polar surface area (TPSA) is 26.3 Å². The minimum atomic E-state index is -2.60. The quantitative estimate of drug-likeness (QED) is 0.673. The maximum atomic E-state index is 12.2. The van der Waals surface area contributed by atoms with Crippen LogP contribution in [0.25, 0.3) is 0 Å². The largest absolute Gasteiger partial charge is 0.443 e. The Morgan fingerprint density at radius 1 is 0.900 bits per heavy atom. The Morgan fingerprint density at radius 3 is 1.50 bits per heavy atom. The monoisotopic (exact) mass is 296 g/mol. The molecule has 0 aliphatic heterocycles. The minimum absolute atomic E-state index is 0.0451. The summed E-state index contributed by atoms with van der Waals surface area (Å²) < 4.78 is 18.1. The molecule has 0 fully saturated rings. The zero-order chi connectivity index (χ0) is 15.9. The van der Waals surface area contributed by atoms with Crippen molar-refractivity contribution in [2.24, 2.45) is 0 Å². The molecule has 1 rings (SSSR count). The number of rotatable bonds is 2. The standard InChI is InChI=1S/C17H29O2P/c1-12-10-13(16(2,3)4)15(19-20(8,9)18)14(11-12)17(5,6)7/h10-11H,1-9H3. The second kappa shape index (κ2) is 5.22. The third-order valence-electron chi connectivity index (χ3n) is 3.16. The van der Waals surface area contributed by atoms with Crippen LogP contribution in [-0.4, -0.2) is 13.3 Å². The molecule has 0 spiro atoms. The van der Waals surface area contributed by atoms with Gasteiger partial charge in [-0.1, -0.05) is 59.2 Å². The van der Waals surface area contributed by atoms with Crippen LogP contribution in [0.5, 0.6) is 5.75 Å². The van der Waals surface area contributed by atoms with Crippen LogP contribution >= 0.6 is 7.37 Å². The first-order valence-corrected chi connectivity index (χ1v) is 9.64. The molecular formula is C17H29O2P. The zero-order valence-electron chi connectivity index (χ0n) is 14.4. The summed E-state index contributed by atoms with van der Waals surface area (Å²) in [5, 5.41) is 0. The summed E-state index contributed by atoms with van der Waals surface area (Å²) in [6.07, 6.45) is 0. The number of aryl methyl sites for hydroxylation is 1. The van der Waals surface area contributed by atoms with E-state index in [9.17, 15) is 4.57 Å². The Hall–Kier alpha value is -0.750. The normalized spacial score (nSPS) is 13.4. The molecule has 20 heavy (non-hydrogen) atoms. The molecule has 0 aliphatic carbocycles. The summed E-state index contributed by atoms with van der Waals surface area (Å²) in [4.78, 5) is 0. The molecular weight excluding hydrogens is 267 g/mol. The van der Waals surface area contributed by atoms with E-state index in [-0.39, 0.29) is 10.8 Å². The first-order chi connectivity index (χ1) is 8.72. The summed E-state index contributed by atoms with van der Waals surface area (Å²) >= 11 is 0. The van der Waals surface area contributed by atoms with Gasteiger partial charge in [0, 0.05) is 24.5 Å². The molecule has 1 aromatic rings. The lowest BCUT2D eigenvalue weighted by molar-refractivity contribution is 0.459. The van der Waals surface area contributed by atoms with Gasteiger partial charge in [-0.3, -0.25) is 4.57 Å². The Balaban J connectivity index is 3.68. The maximum absolute atomic E-state index is 12.2. The van der Waals surface area contributed by atoms with Gasteiger partial charge >= 0.3 is 0 Å². The van der Waals surface area contributed by atoms with Crippen LogP contribution in [-0.2, 0) is 15.4 Å². The van der Waals surface area contributed by atoms with Gasteiger partial charge in [-0.2, -0.15) is 0 Å². The van der Waals surface area contributed by atoms with Crippen molar-refractivity contribution in [2.45, 2.75) is 59.3 Å². The maximum Gasteiger partial charge on any atom is 0.242 e. The fourth-order valence-electron chi connectivity index (χ4n) is 2.21. The molecule has 0 unspecified atom stereocenters. The number of hydrogen-bond acceptors (Lipinski definition) is 2. The first-order valence-electron chi connectivity index (χ1n) is 7.12. The minimum Gasteiger partial charge on any atom is -0.443 e. The van der Waals surface area contributed by atoms with Crippen LogP contribution in [0, 0.1) is 6.92 Å². The van der Waals surface area contributed by atoms with E-state index in [1.807, 2.05) is 0 Å². The molecule has 0 aliphatic rings. The van der Waals surface area contributed by atoms with Crippen molar-refractivity contribution >= 4 is 7.37 Å². The third kappa shape index (κ3) is 4.38. The summed E-state index contributed by atoms with van der Waals surface area (Å²) in [5.74, 6) is 0.809. The lowest BCUT2D eigenvalue weighted by Crippen LogP contribution is -2.19. The van der Waals surface area contributed by atoms with Gasteiger partial charge in [-0.15, -0.1) is 0 Å². The Labute approximate surface area is 124 Å². The van der Waals surface area contributed by atoms with Crippen LogP contribution < -0.4 is 4.52 Å². The Morgan fingerprint density at radius 2 is 1.25 bits per heavy atom. The molecule has 0 N–H and O–H groups in total. The summed E-state index contributed by atoms with van der Waals surface area (Å²) in [6, 6.07) is 4.31. The molecule has 0 saturated carbocycles. The molecule has 0 saturated heterocycles. The molecule has 114 valence electrons. The number of benzene rings is 1. The van der Waals surface area contributed by atoms with E-state index < -0.39 is 7.37 Å². The van der Waals surface area contributed by atoms with E-state index in [4.69, 9.17) is 4.52 Å². The van der Waals surface area contributed by atoms with Crippen molar-refractivity contribution in [3.05, 3.63) is 28.8 Å². The fourth-order valence-corrected chi connectivity index (χ4v) is 2.84. The van der Waals surface area contributed by atoms with Gasteiger partial charge in [0.1, 0.15) is 5.75 Å². The fraction of sp³-hybridized carbons (Fsp3) is 0.647. The van der Waals surface area contributed by atoms with E-state index in [0.717, 1.165) is 16.9 Å². The van der Waals surface area contributed by atoms with Gasteiger partial charge < -0.3 is 4.52 Å². The number of hydrogen-bond donors (Lipinski definition) is 0. The van der Waals surface area contributed by atoms with Crippen LogP contribution in [0.3, 0.4) is 0 Å². The first kappa shape index (κ1) is 17.3. The van der Waals surface area contributed by atoms with Crippen molar-refractivity contribution in [1.29, 1.82) is 0 Å². The van der Waals surface area contributed by atoms with Crippen LogP contribution in [0.4, 0.5) is 0 Å². The van der Waals surface area contributed by atoms with E-state index in [0.29, 0.717) is 0 Å². The van der Waals surface area contributed by atoms with Gasteiger partial charge in [0.05, 0.1) is 0 Å². The molecule has 0 aromatic heterocycles. The van der Waals surface area contributed by atoms with Crippen molar-refractivity contribution in [3.8, 4) is 5.75 Å².